The lowest BCUT2D eigenvalue weighted by molar-refractivity contribution is 0.968. The third kappa shape index (κ3) is 0.906. The van der Waals surface area contributed by atoms with E-state index in [4.69, 9.17) is 11.6 Å². The standard InChI is InChI=1S/C8H7ClN2/c1-11-5-6(9)8-7(11)3-2-4-10-8/h2-5H,1H3. The molecule has 0 unspecified atom stereocenters. The third-order valence-corrected chi connectivity index (χ3v) is 1.98. The average Bonchev–Trinajstić information content (AvgIpc) is 2.30. The zero-order valence-electron chi connectivity index (χ0n) is 6.08. The lowest BCUT2D eigenvalue weighted by atomic mass is 10.4. The molecule has 0 saturated carbocycles. The Hall–Kier alpha value is -1.02. The largest absolute Gasteiger partial charge is 0.348 e. The second kappa shape index (κ2) is 2.24. The highest BCUT2D eigenvalue weighted by Crippen LogP contribution is 2.21. The van der Waals surface area contributed by atoms with Crippen molar-refractivity contribution in [2.75, 3.05) is 0 Å². The molecule has 0 radical (unpaired) electrons. The molecule has 0 saturated heterocycles. The molecule has 2 aromatic rings. The van der Waals surface area contributed by atoms with Crippen molar-refractivity contribution in [3.8, 4) is 0 Å². The lowest BCUT2D eigenvalue weighted by Crippen LogP contribution is -1.82. The van der Waals surface area contributed by atoms with E-state index in [1.807, 2.05) is 29.9 Å². The zero-order valence-corrected chi connectivity index (χ0v) is 6.84. The maximum atomic E-state index is 5.89. The van der Waals surface area contributed by atoms with Crippen LogP contribution in [0.5, 0.6) is 0 Å². The first-order valence-electron chi connectivity index (χ1n) is 3.34. The second-order valence-corrected chi connectivity index (χ2v) is 2.87. The SMILES string of the molecule is Cn1cc(Cl)c2ncccc21. The number of hydrogen-bond acceptors (Lipinski definition) is 1. The van der Waals surface area contributed by atoms with E-state index in [0.717, 1.165) is 11.0 Å². The van der Waals surface area contributed by atoms with E-state index in [1.165, 1.54) is 0 Å². The molecule has 0 aliphatic rings. The third-order valence-electron chi connectivity index (χ3n) is 1.70. The molecule has 0 aliphatic heterocycles. The van der Waals surface area contributed by atoms with Crippen LogP contribution in [0, 0.1) is 0 Å². The predicted octanol–water partition coefficient (Wildman–Crippen LogP) is 2.23. The summed E-state index contributed by atoms with van der Waals surface area (Å²) in [6.45, 7) is 0. The van der Waals surface area contributed by atoms with Crippen LogP contribution in [-0.4, -0.2) is 9.55 Å². The van der Waals surface area contributed by atoms with Gasteiger partial charge in [0.25, 0.3) is 0 Å². The van der Waals surface area contributed by atoms with Gasteiger partial charge in [0.2, 0.25) is 0 Å². The first-order valence-corrected chi connectivity index (χ1v) is 3.72. The molecular formula is C8H7ClN2. The number of pyridine rings is 1. The first kappa shape index (κ1) is 6.68. The van der Waals surface area contributed by atoms with Crippen molar-refractivity contribution in [2.45, 2.75) is 0 Å². The minimum atomic E-state index is 0.711. The summed E-state index contributed by atoms with van der Waals surface area (Å²) >= 11 is 5.89. The quantitative estimate of drug-likeness (QED) is 0.587. The summed E-state index contributed by atoms with van der Waals surface area (Å²) in [6, 6.07) is 3.90. The van der Waals surface area contributed by atoms with Crippen LogP contribution in [0.2, 0.25) is 5.02 Å². The van der Waals surface area contributed by atoms with Crippen molar-refractivity contribution in [1.29, 1.82) is 0 Å². The summed E-state index contributed by atoms with van der Waals surface area (Å²) in [4.78, 5) is 4.15. The monoisotopic (exact) mass is 166 g/mol. The fourth-order valence-electron chi connectivity index (χ4n) is 1.17. The highest BCUT2D eigenvalue weighted by Gasteiger charge is 2.02. The van der Waals surface area contributed by atoms with Crippen LogP contribution < -0.4 is 0 Å². The molecule has 0 spiro atoms. The van der Waals surface area contributed by atoms with Crippen molar-refractivity contribution in [1.82, 2.24) is 9.55 Å². The number of hydrogen-bond donors (Lipinski definition) is 0. The Bertz CT molecular complexity index is 356. The Morgan fingerprint density at radius 2 is 2.36 bits per heavy atom. The molecule has 2 rings (SSSR count). The summed E-state index contributed by atoms with van der Waals surface area (Å²) in [5.41, 5.74) is 1.94. The van der Waals surface area contributed by atoms with Crippen LogP contribution in [0.1, 0.15) is 0 Å². The van der Waals surface area contributed by atoms with Crippen LogP contribution in [0.3, 0.4) is 0 Å². The van der Waals surface area contributed by atoms with Gasteiger partial charge >= 0.3 is 0 Å². The summed E-state index contributed by atoms with van der Waals surface area (Å²) in [5, 5.41) is 0.711. The Morgan fingerprint density at radius 1 is 1.55 bits per heavy atom. The normalized spacial score (nSPS) is 10.7. The van der Waals surface area contributed by atoms with E-state index in [9.17, 15) is 0 Å². The molecule has 0 amide bonds. The fourth-order valence-corrected chi connectivity index (χ4v) is 1.46. The fraction of sp³-hybridized carbons (Fsp3) is 0.125. The molecule has 0 aliphatic carbocycles. The predicted molar refractivity (Wildman–Crippen MR) is 45.7 cm³/mol. The Labute approximate surface area is 69.4 Å². The van der Waals surface area contributed by atoms with Crippen LogP contribution in [0.25, 0.3) is 11.0 Å². The van der Waals surface area contributed by atoms with E-state index in [2.05, 4.69) is 4.98 Å². The van der Waals surface area contributed by atoms with Crippen LogP contribution >= 0.6 is 11.6 Å². The van der Waals surface area contributed by atoms with Crippen molar-refractivity contribution >= 4 is 22.6 Å². The smallest absolute Gasteiger partial charge is 0.107 e. The molecule has 0 aromatic carbocycles. The Balaban J connectivity index is 2.95. The number of aryl methyl sites for hydroxylation is 1. The van der Waals surface area contributed by atoms with Gasteiger partial charge in [0, 0.05) is 19.4 Å². The van der Waals surface area contributed by atoms with E-state index in [0.29, 0.717) is 5.02 Å². The molecule has 11 heavy (non-hydrogen) atoms. The topological polar surface area (TPSA) is 17.8 Å². The van der Waals surface area contributed by atoms with Gasteiger partial charge in [-0.15, -0.1) is 0 Å². The van der Waals surface area contributed by atoms with E-state index < -0.39 is 0 Å². The van der Waals surface area contributed by atoms with Crippen molar-refractivity contribution in [3.05, 3.63) is 29.5 Å². The van der Waals surface area contributed by atoms with E-state index in [1.54, 1.807) is 6.20 Å². The van der Waals surface area contributed by atoms with Crippen molar-refractivity contribution < 1.29 is 0 Å². The average molecular weight is 167 g/mol. The van der Waals surface area contributed by atoms with Crippen molar-refractivity contribution in [3.63, 3.8) is 0 Å². The van der Waals surface area contributed by atoms with Gasteiger partial charge in [-0.25, -0.2) is 0 Å². The summed E-state index contributed by atoms with van der Waals surface area (Å²) in [6.07, 6.45) is 3.60. The van der Waals surface area contributed by atoms with E-state index >= 15 is 0 Å². The van der Waals surface area contributed by atoms with Gasteiger partial charge in [0.15, 0.2) is 0 Å². The first-order chi connectivity index (χ1) is 5.29. The maximum Gasteiger partial charge on any atom is 0.107 e. The van der Waals surface area contributed by atoms with Gasteiger partial charge < -0.3 is 4.57 Å². The molecule has 2 heterocycles. The van der Waals surface area contributed by atoms with Gasteiger partial charge in [-0.3, -0.25) is 4.98 Å². The second-order valence-electron chi connectivity index (χ2n) is 2.46. The minimum absolute atomic E-state index is 0.711. The molecule has 56 valence electrons. The molecule has 0 bridgehead atoms. The Kier molecular flexibility index (Phi) is 1.36. The number of halogens is 1. The maximum absolute atomic E-state index is 5.89. The molecule has 2 nitrogen and oxygen atoms in total. The van der Waals surface area contributed by atoms with E-state index in [-0.39, 0.29) is 0 Å². The van der Waals surface area contributed by atoms with Crippen molar-refractivity contribution in [2.24, 2.45) is 7.05 Å². The zero-order chi connectivity index (χ0) is 7.84. The summed E-state index contributed by atoms with van der Waals surface area (Å²) in [5.74, 6) is 0. The highest BCUT2D eigenvalue weighted by molar-refractivity contribution is 6.35. The summed E-state index contributed by atoms with van der Waals surface area (Å²) < 4.78 is 1.96. The number of rotatable bonds is 0. The minimum Gasteiger partial charge on any atom is -0.348 e. The van der Waals surface area contributed by atoms with Crippen LogP contribution in [0.4, 0.5) is 0 Å². The Morgan fingerprint density at radius 3 is 3.09 bits per heavy atom. The molecule has 3 heteroatoms. The van der Waals surface area contributed by atoms with Gasteiger partial charge in [-0.2, -0.15) is 0 Å². The molecule has 0 fully saturated rings. The van der Waals surface area contributed by atoms with Crippen LogP contribution in [-0.2, 0) is 7.05 Å². The lowest BCUT2D eigenvalue weighted by Gasteiger charge is -1.91. The van der Waals surface area contributed by atoms with Gasteiger partial charge in [0.05, 0.1) is 10.5 Å². The summed E-state index contributed by atoms with van der Waals surface area (Å²) in [7, 11) is 1.95. The van der Waals surface area contributed by atoms with Crippen LogP contribution in [0.15, 0.2) is 24.5 Å². The number of nitrogens with zero attached hydrogens (tertiary/aromatic N) is 2. The molecular weight excluding hydrogens is 160 g/mol. The molecule has 0 N–H and O–H groups in total. The highest BCUT2D eigenvalue weighted by atomic mass is 35.5. The van der Waals surface area contributed by atoms with Gasteiger partial charge in [-0.1, -0.05) is 11.6 Å². The number of aromatic nitrogens is 2. The molecule has 0 atom stereocenters. The van der Waals surface area contributed by atoms with Gasteiger partial charge in [-0.05, 0) is 12.1 Å². The van der Waals surface area contributed by atoms with Gasteiger partial charge in [0.1, 0.15) is 5.52 Å². The molecule has 2 aromatic heterocycles. The number of fused-ring (bicyclic) bond motifs is 1.